The first-order chi connectivity index (χ1) is 6.86. The van der Waals surface area contributed by atoms with Gasteiger partial charge in [-0.15, -0.1) is 0 Å². The highest BCUT2D eigenvalue weighted by Crippen LogP contribution is 2.34. The summed E-state index contributed by atoms with van der Waals surface area (Å²) in [7, 11) is 1.43. The van der Waals surface area contributed by atoms with Gasteiger partial charge in [0.25, 0.3) is 0 Å². The molecule has 1 rings (SSSR count). The summed E-state index contributed by atoms with van der Waals surface area (Å²) in [6, 6.07) is 4.05. The summed E-state index contributed by atoms with van der Waals surface area (Å²) in [5, 5.41) is 9.04. The molecule has 1 aromatic rings. The number of hydrogen-bond acceptors (Lipinski definition) is 2. The van der Waals surface area contributed by atoms with Gasteiger partial charge in [0.05, 0.1) is 7.11 Å². The first kappa shape index (κ1) is 11.8. The lowest BCUT2D eigenvalue weighted by molar-refractivity contribution is -0.206. The fourth-order valence-electron chi connectivity index (χ4n) is 1.26. The highest BCUT2D eigenvalue weighted by Gasteiger charge is 2.39. The molecule has 2 nitrogen and oxygen atoms in total. The number of halogens is 3. The van der Waals surface area contributed by atoms with Crippen molar-refractivity contribution in [3.63, 3.8) is 0 Å². The molecule has 0 saturated heterocycles. The fraction of sp³-hybridized carbons (Fsp3) is 0.400. The molecule has 15 heavy (non-hydrogen) atoms. The smallest absolute Gasteiger partial charge is 0.418 e. The minimum absolute atomic E-state index is 0.150. The highest BCUT2D eigenvalue weighted by molar-refractivity contribution is 5.36. The second-order valence-corrected chi connectivity index (χ2v) is 3.17. The first-order valence-corrected chi connectivity index (χ1v) is 4.25. The summed E-state index contributed by atoms with van der Waals surface area (Å²) in [5.41, 5.74) is 0.197. The van der Waals surface area contributed by atoms with Crippen molar-refractivity contribution in [1.29, 1.82) is 0 Å². The molecule has 1 N–H and O–H groups in total. The van der Waals surface area contributed by atoms with Crippen LogP contribution < -0.4 is 4.74 Å². The lowest BCUT2D eigenvalue weighted by atomic mass is 10.0. The van der Waals surface area contributed by atoms with Gasteiger partial charge in [-0.3, -0.25) is 0 Å². The Balaban J connectivity index is 3.06. The molecular weight excluding hydrogens is 209 g/mol. The van der Waals surface area contributed by atoms with Gasteiger partial charge >= 0.3 is 6.18 Å². The molecule has 0 heterocycles. The zero-order valence-corrected chi connectivity index (χ0v) is 8.30. The van der Waals surface area contributed by atoms with Crippen molar-refractivity contribution in [2.24, 2.45) is 0 Å². The van der Waals surface area contributed by atoms with E-state index in [0.717, 1.165) is 0 Å². The number of aryl methyl sites for hydroxylation is 1. The van der Waals surface area contributed by atoms with Crippen molar-refractivity contribution >= 4 is 0 Å². The summed E-state index contributed by atoms with van der Waals surface area (Å²) < 4.78 is 41.5. The molecule has 0 aromatic heterocycles. The Morgan fingerprint density at radius 1 is 1.33 bits per heavy atom. The molecule has 0 aliphatic heterocycles. The van der Waals surface area contributed by atoms with Gasteiger partial charge < -0.3 is 9.84 Å². The number of benzene rings is 1. The van der Waals surface area contributed by atoms with Crippen molar-refractivity contribution in [1.82, 2.24) is 0 Å². The third-order valence-electron chi connectivity index (χ3n) is 2.08. The Morgan fingerprint density at radius 3 is 2.33 bits per heavy atom. The largest absolute Gasteiger partial charge is 0.497 e. The number of methoxy groups -OCH3 is 1. The number of ether oxygens (including phenoxy) is 1. The average Bonchev–Trinajstić information content (AvgIpc) is 2.15. The van der Waals surface area contributed by atoms with E-state index in [1.54, 1.807) is 0 Å². The maximum absolute atomic E-state index is 12.2. The van der Waals surface area contributed by atoms with E-state index >= 15 is 0 Å². The van der Waals surface area contributed by atoms with Crippen LogP contribution >= 0.6 is 0 Å². The zero-order chi connectivity index (χ0) is 11.6. The van der Waals surface area contributed by atoms with Gasteiger partial charge in [-0.25, -0.2) is 0 Å². The zero-order valence-electron chi connectivity index (χ0n) is 8.30. The molecule has 0 saturated carbocycles. The summed E-state index contributed by atoms with van der Waals surface area (Å²) in [6.45, 7) is 1.49. The lowest BCUT2D eigenvalue weighted by Crippen LogP contribution is -2.20. The maximum atomic E-state index is 12.2. The van der Waals surface area contributed by atoms with Gasteiger partial charge in [0.2, 0.25) is 0 Å². The normalized spacial score (nSPS) is 13.7. The number of rotatable bonds is 2. The third kappa shape index (κ3) is 2.62. The van der Waals surface area contributed by atoms with E-state index in [1.807, 2.05) is 0 Å². The summed E-state index contributed by atoms with van der Waals surface area (Å²) in [6.07, 6.45) is -7.08. The van der Waals surface area contributed by atoms with E-state index in [9.17, 15) is 13.2 Å². The minimum atomic E-state index is -4.64. The monoisotopic (exact) mass is 220 g/mol. The van der Waals surface area contributed by atoms with Crippen LogP contribution in [0.5, 0.6) is 5.75 Å². The molecule has 0 fully saturated rings. The molecule has 1 atom stereocenters. The Kier molecular flexibility index (Phi) is 3.24. The summed E-state index contributed by atoms with van der Waals surface area (Å²) in [5.74, 6) is 0.464. The minimum Gasteiger partial charge on any atom is -0.497 e. The predicted octanol–water partition coefficient (Wildman–Crippen LogP) is 2.60. The van der Waals surface area contributed by atoms with Gasteiger partial charge in [0.15, 0.2) is 6.10 Å². The summed E-state index contributed by atoms with van der Waals surface area (Å²) in [4.78, 5) is 0. The van der Waals surface area contributed by atoms with E-state index < -0.39 is 12.3 Å². The molecule has 1 aromatic carbocycles. The van der Waals surface area contributed by atoms with Crippen molar-refractivity contribution < 1.29 is 23.0 Å². The van der Waals surface area contributed by atoms with Crippen LogP contribution in [0.2, 0.25) is 0 Å². The van der Waals surface area contributed by atoms with E-state index in [0.29, 0.717) is 11.3 Å². The Labute approximate surface area is 85.3 Å². The molecule has 0 aliphatic rings. The molecule has 0 spiro atoms. The number of aliphatic hydroxyl groups is 1. The van der Waals surface area contributed by atoms with Crippen molar-refractivity contribution in [2.45, 2.75) is 19.2 Å². The molecule has 1 unspecified atom stereocenters. The van der Waals surface area contributed by atoms with E-state index in [1.165, 1.54) is 32.2 Å². The first-order valence-electron chi connectivity index (χ1n) is 4.25. The van der Waals surface area contributed by atoms with Gasteiger partial charge in [-0.1, -0.05) is 6.07 Å². The van der Waals surface area contributed by atoms with Crippen molar-refractivity contribution in [3.05, 3.63) is 29.3 Å². The van der Waals surface area contributed by atoms with Gasteiger partial charge in [-0.05, 0) is 30.2 Å². The van der Waals surface area contributed by atoms with E-state index in [4.69, 9.17) is 9.84 Å². The molecule has 0 amide bonds. The number of aliphatic hydroxyl groups excluding tert-OH is 1. The fourth-order valence-corrected chi connectivity index (χ4v) is 1.26. The standard InChI is InChI=1S/C10H11F3O2/c1-6-5-7(15-2)3-4-8(6)9(14)10(11,12)13/h3-5,9,14H,1-2H3. The molecule has 5 heteroatoms. The van der Waals surface area contributed by atoms with Crippen LogP contribution in [0, 0.1) is 6.92 Å². The van der Waals surface area contributed by atoms with Crippen LogP contribution in [-0.4, -0.2) is 18.4 Å². The second kappa shape index (κ2) is 4.10. The molecule has 0 radical (unpaired) electrons. The van der Waals surface area contributed by atoms with Crippen LogP contribution in [0.25, 0.3) is 0 Å². The van der Waals surface area contributed by atoms with E-state index in [2.05, 4.69) is 0 Å². The van der Waals surface area contributed by atoms with E-state index in [-0.39, 0.29) is 5.56 Å². The molecular formula is C10H11F3O2. The third-order valence-corrected chi connectivity index (χ3v) is 2.08. The number of hydrogen-bond donors (Lipinski definition) is 1. The lowest BCUT2D eigenvalue weighted by Gasteiger charge is -2.17. The van der Waals surface area contributed by atoms with Gasteiger partial charge in [0.1, 0.15) is 5.75 Å². The van der Waals surface area contributed by atoms with Crippen molar-refractivity contribution in [3.8, 4) is 5.75 Å². The molecule has 84 valence electrons. The average molecular weight is 220 g/mol. The summed E-state index contributed by atoms with van der Waals surface area (Å²) >= 11 is 0. The SMILES string of the molecule is COc1ccc(C(O)C(F)(F)F)c(C)c1. The Hall–Kier alpha value is -1.23. The van der Waals surface area contributed by atoms with Crippen LogP contribution in [0.4, 0.5) is 13.2 Å². The second-order valence-electron chi connectivity index (χ2n) is 3.17. The van der Waals surface area contributed by atoms with Crippen LogP contribution in [0.15, 0.2) is 18.2 Å². The van der Waals surface area contributed by atoms with Crippen LogP contribution in [0.1, 0.15) is 17.2 Å². The van der Waals surface area contributed by atoms with Crippen LogP contribution in [0.3, 0.4) is 0 Å². The van der Waals surface area contributed by atoms with Gasteiger partial charge in [0, 0.05) is 0 Å². The maximum Gasteiger partial charge on any atom is 0.418 e. The van der Waals surface area contributed by atoms with Crippen LogP contribution in [-0.2, 0) is 0 Å². The van der Waals surface area contributed by atoms with Crippen molar-refractivity contribution in [2.75, 3.05) is 7.11 Å². The Bertz CT molecular complexity index is 347. The Morgan fingerprint density at radius 2 is 1.93 bits per heavy atom. The van der Waals surface area contributed by atoms with Gasteiger partial charge in [-0.2, -0.15) is 13.2 Å². The topological polar surface area (TPSA) is 29.5 Å². The number of alkyl halides is 3. The quantitative estimate of drug-likeness (QED) is 0.830. The predicted molar refractivity (Wildman–Crippen MR) is 48.7 cm³/mol. The highest BCUT2D eigenvalue weighted by atomic mass is 19.4. The molecule has 0 bridgehead atoms. The molecule has 0 aliphatic carbocycles.